The van der Waals surface area contributed by atoms with E-state index in [1.54, 1.807) is 4.68 Å². The number of rotatable bonds is 5. The Labute approximate surface area is 190 Å². The fourth-order valence-corrected chi connectivity index (χ4v) is 7.95. The normalized spacial score (nSPS) is 39.6. The van der Waals surface area contributed by atoms with Crippen LogP contribution in [0.2, 0.25) is 0 Å². The van der Waals surface area contributed by atoms with Gasteiger partial charge in [-0.2, -0.15) is 0 Å². The Morgan fingerprint density at radius 2 is 1.87 bits per heavy atom. The van der Waals surface area contributed by atoms with Crippen LogP contribution in [-0.2, 0) is 11.3 Å². The van der Waals surface area contributed by atoms with Crippen molar-refractivity contribution in [2.45, 2.75) is 113 Å². The number of hydrogen-bond acceptors (Lipinski definition) is 4. The standard InChI is InChI=1S/C24H40N4O.C2H6/c1-6-21-20-8-7-18-13-16(2)9-12-24(18,5)22(20)10-11-23(21,4)14-19(29)15-28-17(3)25-26-27-28;1-2/h16,18,20-22H,6-15H2,1-5H3;1-2H3. The first-order valence-electron chi connectivity index (χ1n) is 13.0. The first kappa shape index (κ1) is 24.4. The van der Waals surface area contributed by atoms with Gasteiger partial charge in [0.1, 0.15) is 12.4 Å². The van der Waals surface area contributed by atoms with E-state index in [1.165, 1.54) is 51.4 Å². The Balaban J connectivity index is 0.00000132. The maximum atomic E-state index is 13.0. The summed E-state index contributed by atoms with van der Waals surface area (Å²) in [5, 5.41) is 11.6. The van der Waals surface area contributed by atoms with Gasteiger partial charge >= 0.3 is 0 Å². The quantitative estimate of drug-likeness (QED) is 0.553. The van der Waals surface area contributed by atoms with Crippen LogP contribution in [0.4, 0.5) is 0 Å². The molecule has 0 amide bonds. The third kappa shape index (κ3) is 4.61. The second-order valence-corrected chi connectivity index (χ2v) is 11.2. The monoisotopic (exact) mass is 430 g/mol. The lowest BCUT2D eigenvalue weighted by Crippen LogP contribution is -2.53. The summed E-state index contributed by atoms with van der Waals surface area (Å²) >= 11 is 0. The van der Waals surface area contributed by atoms with Crippen LogP contribution in [0.3, 0.4) is 0 Å². The number of aryl methyl sites for hydroxylation is 1. The second kappa shape index (κ2) is 9.70. The van der Waals surface area contributed by atoms with Crippen molar-refractivity contribution in [2.75, 3.05) is 0 Å². The lowest BCUT2D eigenvalue weighted by Gasteiger charge is -2.61. The highest BCUT2D eigenvalue weighted by atomic mass is 16.1. The number of hydrogen-bond donors (Lipinski definition) is 0. The molecule has 0 bridgehead atoms. The minimum Gasteiger partial charge on any atom is -0.298 e. The molecule has 1 aromatic rings. The zero-order chi connectivity index (χ0) is 22.8. The van der Waals surface area contributed by atoms with Crippen LogP contribution in [0, 0.1) is 47.3 Å². The number of aromatic nitrogens is 4. The Bertz CT molecular complexity index is 746. The predicted octanol–water partition coefficient (Wildman–Crippen LogP) is 6.26. The van der Waals surface area contributed by atoms with Gasteiger partial charge in [-0.25, -0.2) is 4.68 Å². The average Bonchev–Trinajstić information content (AvgIpc) is 3.13. The minimum atomic E-state index is 0.125. The molecule has 7 atom stereocenters. The van der Waals surface area contributed by atoms with E-state index in [0.29, 0.717) is 24.3 Å². The Kier molecular flexibility index (Phi) is 7.63. The molecule has 0 aromatic carbocycles. The van der Waals surface area contributed by atoms with Gasteiger partial charge in [-0.15, -0.1) is 5.10 Å². The Hall–Kier alpha value is -1.26. The third-order valence-corrected chi connectivity index (χ3v) is 9.52. The average molecular weight is 431 g/mol. The summed E-state index contributed by atoms with van der Waals surface area (Å²) in [4.78, 5) is 13.0. The molecule has 0 N–H and O–H groups in total. The predicted molar refractivity (Wildman–Crippen MR) is 125 cm³/mol. The molecule has 0 aliphatic heterocycles. The number of fused-ring (bicyclic) bond motifs is 3. The molecule has 7 unspecified atom stereocenters. The molecular formula is C26H46N4O. The molecular weight excluding hydrogens is 384 g/mol. The molecule has 5 nitrogen and oxygen atoms in total. The van der Waals surface area contributed by atoms with Crippen LogP contribution in [0.1, 0.15) is 105 Å². The van der Waals surface area contributed by atoms with Crippen LogP contribution in [-0.4, -0.2) is 26.0 Å². The molecule has 0 radical (unpaired) electrons. The molecule has 0 saturated heterocycles. The van der Waals surface area contributed by atoms with Crippen LogP contribution in [0.5, 0.6) is 0 Å². The van der Waals surface area contributed by atoms with E-state index in [0.717, 1.165) is 29.5 Å². The van der Waals surface area contributed by atoms with E-state index < -0.39 is 0 Å². The van der Waals surface area contributed by atoms with Gasteiger partial charge in [0.25, 0.3) is 0 Å². The molecule has 3 aliphatic carbocycles. The summed E-state index contributed by atoms with van der Waals surface area (Å²) in [6, 6.07) is 0. The van der Waals surface area contributed by atoms with Crippen LogP contribution < -0.4 is 0 Å². The SMILES string of the molecule is CC.CCC1C2CCC3CC(C)CCC3(C)C2CCC1(C)CC(=O)Cn1nnnc1C. The fraction of sp³-hybridized carbons (Fsp3) is 0.923. The van der Waals surface area contributed by atoms with Gasteiger partial charge in [-0.05, 0) is 96.3 Å². The van der Waals surface area contributed by atoms with E-state index in [1.807, 2.05) is 20.8 Å². The minimum absolute atomic E-state index is 0.125. The fourth-order valence-electron chi connectivity index (χ4n) is 7.95. The molecule has 3 saturated carbocycles. The summed E-state index contributed by atoms with van der Waals surface area (Å²) in [5.74, 6) is 5.17. The van der Waals surface area contributed by atoms with Gasteiger partial charge in [0.2, 0.25) is 0 Å². The molecule has 176 valence electrons. The number of Topliss-reactive ketones (excluding diaryl/α,β-unsaturated/α-hetero) is 1. The molecule has 1 heterocycles. The van der Waals surface area contributed by atoms with Crippen molar-refractivity contribution in [1.82, 2.24) is 20.2 Å². The molecule has 3 aliphatic rings. The van der Waals surface area contributed by atoms with Gasteiger partial charge in [0.05, 0.1) is 0 Å². The summed E-state index contributed by atoms with van der Waals surface area (Å²) in [7, 11) is 0. The largest absolute Gasteiger partial charge is 0.298 e. The summed E-state index contributed by atoms with van der Waals surface area (Å²) < 4.78 is 1.65. The number of tetrazole rings is 1. The molecule has 1 aromatic heterocycles. The van der Waals surface area contributed by atoms with Gasteiger partial charge in [0, 0.05) is 6.42 Å². The maximum Gasteiger partial charge on any atom is 0.154 e. The topological polar surface area (TPSA) is 60.7 Å². The van der Waals surface area contributed by atoms with Crippen molar-refractivity contribution in [3.8, 4) is 0 Å². The number of carbonyl (C=O) groups is 1. The lowest BCUT2D eigenvalue weighted by atomic mass is 9.43. The van der Waals surface area contributed by atoms with Crippen molar-refractivity contribution in [3.63, 3.8) is 0 Å². The van der Waals surface area contributed by atoms with Gasteiger partial charge in [0.15, 0.2) is 5.78 Å². The van der Waals surface area contributed by atoms with E-state index in [4.69, 9.17) is 0 Å². The van der Waals surface area contributed by atoms with Crippen molar-refractivity contribution in [1.29, 1.82) is 0 Å². The first-order chi connectivity index (χ1) is 14.8. The van der Waals surface area contributed by atoms with Crippen LogP contribution >= 0.6 is 0 Å². The number of nitrogens with zero attached hydrogens (tertiary/aromatic N) is 4. The highest BCUT2D eigenvalue weighted by Gasteiger charge is 2.56. The van der Waals surface area contributed by atoms with Crippen molar-refractivity contribution < 1.29 is 4.79 Å². The Morgan fingerprint density at radius 3 is 2.52 bits per heavy atom. The Morgan fingerprint density at radius 1 is 1.13 bits per heavy atom. The highest BCUT2D eigenvalue weighted by molar-refractivity contribution is 5.78. The number of carbonyl (C=O) groups excluding carboxylic acids is 1. The first-order valence-corrected chi connectivity index (χ1v) is 13.0. The van der Waals surface area contributed by atoms with Crippen LogP contribution in [0.15, 0.2) is 0 Å². The summed E-state index contributed by atoms with van der Waals surface area (Å²) in [6.45, 7) is 16.0. The van der Waals surface area contributed by atoms with Crippen molar-refractivity contribution >= 4 is 5.78 Å². The van der Waals surface area contributed by atoms with E-state index in [2.05, 4.69) is 43.2 Å². The molecule has 0 spiro atoms. The second-order valence-electron chi connectivity index (χ2n) is 11.2. The molecule has 5 heteroatoms. The van der Waals surface area contributed by atoms with Gasteiger partial charge < -0.3 is 0 Å². The van der Waals surface area contributed by atoms with Gasteiger partial charge in [-0.3, -0.25) is 4.79 Å². The lowest BCUT2D eigenvalue weighted by molar-refractivity contribution is -0.135. The molecule has 4 rings (SSSR count). The molecule has 3 fully saturated rings. The highest BCUT2D eigenvalue weighted by Crippen LogP contribution is 2.64. The van der Waals surface area contributed by atoms with Crippen LogP contribution in [0.25, 0.3) is 0 Å². The van der Waals surface area contributed by atoms with E-state index >= 15 is 0 Å². The van der Waals surface area contributed by atoms with Crippen molar-refractivity contribution in [2.24, 2.45) is 40.4 Å². The van der Waals surface area contributed by atoms with Gasteiger partial charge in [-0.1, -0.05) is 54.4 Å². The number of ketones is 1. The zero-order valence-corrected chi connectivity index (χ0v) is 21.2. The summed E-state index contributed by atoms with van der Waals surface area (Å²) in [5.41, 5.74) is 0.664. The van der Waals surface area contributed by atoms with E-state index in [-0.39, 0.29) is 11.2 Å². The smallest absolute Gasteiger partial charge is 0.154 e. The van der Waals surface area contributed by atoms with E-state index in [9.17, 15) is 4.79 Å². The zero-order valence-electron chi connectivity index (χ0n) is 21.2. The summed E-state index contributed by atoms with van der Waals surface area (Å²) in [6.07, 6.45) is 11.5. The third-order valence-electron chi connectivity index (χ3n) is 9.52. The van der Waals surface area contributed by atoms with Crippen molar-refractivity contribution in [3.05, 3.63) is 5.82 Å². The maximum absolute atomic E-state index is 13.0. The molecule has 31 heavy (non-hydrogen) atoms.